The van der Waals surface area contributed by atoms with Crippen LogP contribution in [-0.2, 0) is 4.52 Å². The molecule has 0 heterocycles. The average molecular weight is 375 g/mol. The maximum Gasteiger partial charge on any atom is 0.0508 e. The van der Waals surface area contributed by atoms with Crippen LogP contribution in [0.1, 0.15) is 119 Å². The molecular weight excluding hydrogens is 323 g/mol. The molecule has 0 saturated heterocycles. The largest absolute Gasteiger partial charge is 0.359 e. The minimum atomic E-state index is -0.274. The molecular formula is C23H49OP. The van der Waals surface area contributed by atoms with Gasteiger partial charge in [0.2, 0.25) is 0 Å². The van der Waals surface area contributed by atoms with Gasteiger partial charge in [-0.15, -0.1) is 0 Å². The van der Waals surface area contributed by atoms with E-state index in [9.17, 15) is 0 Å². The van der Waals surface area contributed by atoms with Gasteiger partial charge in [0, 0.05) is 15.2 Å². The zero-order chi connectivity index (χ0) is 19.6. The van der Waals surface area contributed by atoms with E-state index in [2.05, 4.69) is 34.4 Å². The quantitative estimate of drug-likeness (QED) is 0.172. The predicted octanol–water partition coefficient (Wildman–Crippen LogP) is 8.80. The van der Waals surface area contributed by atoms with Gasteiger partial charge in [0.15, 0.2) is 0 Å². The van der Waals surface area contributed by atoms with Crippen molar-refractivity contribution in [3.8, 4) is 0 Å². The molecule has 0 spiro atoms. The van der Waals surface area contributed by atoms with Crippen molar-refractivity contribution >= 4 is 8.15 Å². The molecule has 25 heavy (non-hydrogen) atoms. The highest BCUT2D eigenvalue weighted by Gasteiger charge is 2.24. The van der Waals surface area contributed by atoms with Gasteiger partial charge in [-0.2, -0.15) is 0 Å². The minimum Gasteiger partial charge on any atom is -0.359 e. The van der Waals surface area contributed by atoms with E-state index in [0.29, 0.717) is 6.90 Å². The van der Waals surface area contributed by atoms with Gasteiger partial charge in [0.1, 0.15) is 0 Å². The fourth-order valence-corrected chi connectivity index (χ4v) is 6.22. The molecule has 0 N–H and O–H groups in total. The number of rotatable bonds is 18. The first-order valence-corrected chi connectivity index (χ1v) is 12.9. The summed E-state index contributed by atoms with van der Waals surface area (Å²) in [5.41, 5.74) is 0.739. The molecule has 0 aliphatic heterocycles. The van der Waals surface area contributed by atoms with Crippen LogP contribution >= 0.6 is 8.15 Å². The Morgan fingerprint density at radius 3 is 1.48 bits per heavy atom. The predicted molar refractivity (Wildman–Crippen MR) is 118 cm³/mol. The van der Waals surface area contributed by atoms with Crippen LogP contribution in [-0.4, -0.2) is 18.9 Å². The molecule has 1 nitrogen and oxygen atoms in total. The molecule has 0 saturated carbocycles. The fourth-order valence-electron chi connectivity index (χ4n) is 3.95. The van der Waals surface area contributed by atoms with Crippen LogP contribution in [0.4, 0.5) is 0 Å². The molecule has 2 heteroatoms. The van der Waals surface area contributed by atoms with E-state index in [1.807, 2.05) is 0 Å². The highest BCUT2D eigenvalue weighted by Crippen LogP contribution is 2.46. The number of hydrogen-bond acceptors (Lipinski definition) is 1. The smallest absolute Gasteiger partial charge is 0.0508 e. The third kappa shape index (κ3) is 15.2. The molecule has 0 radical (unpaired) electrons. The van der Waals surface area contributed by atoms with Gasteiger partial charge in [0.25, 0.3) is 0 Å². The molecule has 0 aromatic rings. The van der Waals surface area contributed by atoms with E-state index >= 15 is 0 Å². The third-order valence-electron chi connectivity index (χ3n) is 5.23. The summed E-state index contributed by atoms with van der Waals surface area (Å²) in [4.78, 5) is 0. The molecule has 1 atom stereocenters. The zero-order valence-electron chi connectivity index (χ0n) is 19.2. The minimum absolute atomic E-state index is 0.274. The Kier molecular flexibility index (Phi) is 16.7. The summed E-state index contributed by atoms with van der Waals surface area (Å²) in [5, 5.41) is 0. The van der Waals surface area contributed by atoms with Gasteiger partial charge < -0.3 is 4.52 Å². The van der Waals surface area contributed by atoms with Crippen molar-refractivity contribution < 1.29 is 5.89 Å². The van der Waals surface area contributed by atoms with E-state index in [-0.39, 0.29) is 8.15 Å². The molecule has 0 bridgehead atoms. The standard InChI is InChI=1S/C23H49OP/c1-7-8-9-10-11-12-13-14-15-16-17-18-19-20-24-25(6)23(21(2)3)22(4)5/h21-23H,7-20H2,1-6H3/i1T. The summed E-state index contributed by atoms with van der Waals surface area (Å²) in [6.07, 6.45) is 17.6. The van der Waals surface area contributed by atoms with E-state index in [1.165, 1.54) is 77.0 Å². The summed E-state index contributed by atoms with van der Waals surface area (Å²) in [5.74, 6) is 1.46. The van der Waals surface area contributed by atoms with Gasteiger partial charge in [-0.1, -0.05) is 112 Å². The maximum atomic E-state index is 7.13. The lowest BCUT2D eigenvalue weighted by Crippen LogP contribution is -2.21. The van der Waals surface area contributed by atoms with Gasteiger partial charge in [-0.05, 0) is 24.9 Å². The van der Waals surface area contributed by atoms with E-state index in [4.69, 9.17) is 5.89 Å². The summed E-state index contributed by atoms with van der Waals surface area (Å²) in [6, 6.07) is 0. The Morgan fingerprint density at radius 2 is 1.08 bits per heavy atom. The number of hydrogen-bond donors (Lipinski definition) is 0. The molecule has 0 rings (SSSR count). The molecule has 0 fully saturated rings. The van der Waals surface area contributed by atoms with E-state index in [0.717, 1.165) is 30.5 Å². The van der Waals surface area contributed by atoms with Crippen LogP contribution < -0.4 is 0 Å². The third-order valence-corrected chi connectivity index (χ3v) is 7.85. The van der Waals surface area contributed by atoms with Crippen LogP contribution in [0.15, 0.2) is 0 Å². The monoisotopic (exact) mass is 374 g/mol. The summed E-state index contributed by atoms with van der Waals surface area (Å²) >= 11 is 0. The lowest BCUT2D eigenvalue weighted by atomic mass is 10.00. The second-order valence-corrected chi connectivity index (χ2v) is 10.4. The van der Waals surface area contributed by atoms with Crippen molar-refractivity contribution in [3.63, 3.8) is 0 Å². The van der Waals surface area contributed by atoms with Crippen LogP contribution in [0.5, 0.6) is 0 Å². The average Bonchev–Trinajstić information content (AvgIpc) is 2.57. The normalized spacial score (nSPS) is 13.8. The van der Waals surface area contributed by atoms with Crippen molar-refractivity contribution in [3.05, 3.63) is 0 Å². The first kappa shape index (κ1) is 23.4. The van der Waals surface area contributed by atoms with Crippen molar-refractivity contribution in [2.24, 2.45) is 11.8 Å². The maximum absolute atomic E-state index is 7.13. The Balaban J connectivity index is 3.33. The van der Waals surface area contributed by atoms with E-state index in [1.54, 1.807) is 0 Å². The lowest BCUT2D eigenvalue weighted by molar-refractivity contribution is 0.319. The van der Waals surface area contributed by atoms with Crippen LogP contribution in [0.3, 0.4) is 0 Å². The summed E-state index contributed by atoms with van der Waals surface area (Å²) in [7, 11) is -0.274. The topological polar surface area (TPSA) is 9.23 Å². The highest BCUT2D eigenvalue weighted by molar-refractivity contribution is 7.52. The molecule has 0 amide bonds. The van der Waals surface area contributed by atoms with Gasteiger partial charge >= 0.3 is 0 Å². The van der Waals surface area contributed by atoms with Crippen LogP contribution in [0.2, 0.25) is 0 Å². The second kappa shape index (κ2) is 17.8. The van der Waals surface area contributed by atoms with E-state index < -0.39 is 0 Å². The molecule has 152 valence electrons. The zero-order valence-corrected chi connectivity index (χ0v) is 19.1. The molecule has 1 unspecified atom stereocenters. The van der Waals surface area contributed by atoms with Crippen molar-refractivity contribution in [1.29, 1.82) is 0 Å². The SMILES string of the molecule is [3H]CCCCCCCCCCCCCCCOP(C)C(C(C)C)C(C)C. The number of unbranched alkanes of at least 4 members (excludes halogenated alkanes) is 12. The van der Waals surface area contributed by atoms with Gasteiger partial charge in [0.05, 0.1) is 6.61 Å². The van der Waals surface area contributed by atoms with Crippen molar-refractivity contribution in [2.75, 3.05) is 13.3 Å². The first-order chi connectivity index (χ1) is 12.5. The Bertz CT molecular complexity index is 275. The Hall–Kier alpha value is 0.390. The fraction of sp³-hybridized carbons (Fsp3) is 1.00. The molecule has 0 aliphatic carbocycles. The van der Waals surface area contributed by atoms with Crippen LogP contribution in [0.25, 0.3) is 0 Å². The summed E-state index contributed by atoms with van der Waals surface area (Å²) in [6.45, 7) is 13.3. The highest BCUT2D eigenvalue weighted by atomic mass is 31.1. The summed E-state index contributed by atoms with van der Waals surface area (Å²) < 4.78 is 13.3. The Labute approximate surface area is 163 Å². The molecule has 0 aromatic heterocycles. The first-order valence-electron chi connectivity index (χ1n) is 11.9. The lowest BCUT2D eigenvalue weighted by Gasteiger charge is -2.30. The second-order valence-electron chi connectivity index (χ2n) is 8.45. The molecule has 0 aliphatic rings. The van der Waals surface area contributed by atoms with Gasteiger partial charge in [-0.25, -0.2) is 0 Å². The van der Waals surface area contributed by atoms with Crippen molar-refractivity contribution in [1.82, 2.24) is 0 Å². The van der Waals surface area contributed by atoms with Crippen molar-refractivity contribution in [2.45, 2.75) is 124 Å². The van der Waals surface area contributed by atoms with Crippen LogP contribution in [0, 0.1) is 11.8 Å². The Morgan fingerprint density at radius 1 is 0.680 bits per heavy atom. The molecule has 0 aromatic carbocycles. The van der Waals surface area contributed by atoms with Gasteiger partial charge in [-0.3, -0.25) is 0 Å².